The maximum absolute atomic E-state index is 12.7. The highest BCUT2D eigenvalue weighted by molar-refractivity contribution is 6.02. The van der Waals surface area contributed by atoms with Crippen LogP contribution >= 0.6 is 0 Å². The zero-order chi connectivity index (χ0) is 13.4. The van der Waals surface area contributed by atoms with E-state index >= 15 is 0 Å². The number of rotatable bonds is 2. The van der Waals surface area contributed by atoms with E-state index < -0.39 is 18.3 Å². The quantitative estimate of drug-likeness (QED) is 0.802. The zero-order valence-corrected chi connectivity index (χ0v) is 8.92. The molecular formula is C10H8F3N3O2. The number of halogens is 3. The molecule has 2 rings (SSSR count). The first kappa shape index (κ1) is 12.5. The predicted molar refractivity (Wildman–Crippen MR) is 54.3 cm³/mol. The van der Waals surface area contributed by atoms with Gasteiger partial charge in [0.25, 0.3) is 5.72 Å². The van der Waals surface area contributed by atoms with Gasteiger partial charge in [-0.1, -0.05) is 0 Å². The number of pyridine rings is 1. The highest BCUT2D eigenvalue weighted by atomic mass is 19.4. The Hall–Kier alpha value is -1.96. The molecule has 1 aromatic heterocycles. The van der Waals surface area contributed by atoms with Crippen LogP contribution in [0.1, 0.15) is 12.0 Å². The number of amides is 1. The van der Waals surface area contributed by atoms with E-state index in [-0.39, 0.29) is 17.1 Å². The monoisotopic (exact) mass is 259 g/mol. The Bertz CT molecular complexity index is 489. The Morgan fingerprint density at radius 2 is 2.00 bits per heavy atom. The molecule has 0 aliphatic carbocycles. The maximum atomic E-state index is 12.7. The number of hydrogen-bond donors (Lipinski definition) is 1. The summed E-state index contributed by atoms with van der Waals surface area (Å²) in [5, 5.41) is 13.0. The lowest BCUT2D eigenvalue weighted by Gasteiger charge is -2.29. The molecule has 1 aliphatic rings. The molecule has 0 unspecified atom stereocenters. The van der Waals surface area contributed by atoms with Crippen LogP contribution in [0.5, 0.6) is 0 Å². The minimum Gasteiger partial charge on any atom is -0.362 e. The third kappa shape index (κ3) is 1.84. The molecule has 1 aliphatic heterocycles. The van der Waals surface area contributed by atoms with Crippen LogP contribution in [0.4, 0.5) is 13.2 Å². The number of alkyl halides is 3. The summed E-state index contributed by atoms with van der Waals surface area (Å²) in [6.07, 6.45) is -3.17. The summed E-state index contributed by atoms with van der Waals surface area (Å²) in [5.74, 6) is 0. The van der Waals surface area contributed by atoms with Crippen LogP contribution in [0, 0.1) is 0 Å². The Balaban J connectivity index is 2.37. The summed E-state index contributed by atoms with van der Waals surface area (Å²) < 4.78 is 38.2. The molecule has 0 saturated heterocycles. The largest absolute Gasteiger partial charge is 0.438 e. The number of aliphatic hydroxyl groups is 1. The molecule has 0 saturated carbocycles. The molecule has 18 heavy (non-hydrogen) atoms. The average molecular weight is 259 g/mol. The highest BCUT2D eigenvalue weighted by Gasteiger charge is 2.61. The molecule has 1 N–H and O–H groups in total. The van der Waals surface area contributed by atoms with E-state index in [4.69, 9.17) is 0 Å². The van der Waals surface area contributed by atoms with Gasteiger partial charge in [-0.25, -0.2) is 0 Å². The molecule has 1 amide bonds. The molecule has 0 aromatic carbocycles. The number of carbonyl (C=O) groups excluding carboxylic acids is 1. The second kappa shape index (κ2) is 4.05. The third-order valence-electron chi connectivity index (χ3n) is 2.59. The smallest absolute Gasteiger partial charge is 0.362 e. The normalized spacial score (nSPS) is 24.0. The topological polar surface area (TPSA) is 65.8 Å². The molecule has 96 valence electrons. The van der Waals surface area contributed by atoms with Gasteiger partial charge >= 0.3 is 6.18 Å². The lowest BCUT2D eigenvalue weighted by Crippen LogP contribution is -2.54. The summed E-state index contributed by atoms with van der Waals surface area (Å²) in [6.45, 7) is 0. The average Bonchev–Trinajstić information content (AvgIpc) is 2.68. The third-order valence-corrected chi connectivity index (χ3v) is 2.59. The van der Waals surface area contributed by atoms with Gasteiger partial charge in [-0.05, 0) is 12.1 Å². The first-order chi connectivity index (χ1) is 8.38. The van der Waals surface area contributed by atoms with Crippen LogP contribution in [0.3, 0.4) is 0 Å². The van der Waals surface area contributed by atoms with Crippen molar-refractivity contribution in [3.05, 3.63) is 30.1 Å². The molecule has 1 atom stereocenters. The van der Waals surface area contributed by atoms with Crippen molar-refractivity contribution in [2.75, 3.05) is 0 Å². The van der Waals surface area contributed by atoms with Gasteiger partial charge in [0.05, 0.1) is 12.1 Å². The van der Waals surface area contributed by atoms with Crippen molar-refractivity contribution in [1.29, 1.82) is 0 Å². The first-order valence-corrected chi connectivity index (χ1v) is 4.90. The minimum atomic E-state index is -4.98. The second-order valence-electron chi connectivity index (χ2n) is 3.72. The summed E-state index contributed by atoms with van der Waals surface area (Å²) >= 11 is 0. The summed E-state index contributed by atoms with van der Waals surface area (Å²) in [4.78, 5) is 14.3. The van der Waals surface area contributed by atoms with Crippen LogP contribution < -0.4 is 0 Å². The van der Waals surface area contributed by atoms with Gasteiger partial charge in [0, 0.05) is 18.0 Å². The molecule has 5 nitrogen and oxygen atoms in total. The number of aromatic nitrogens is 1. The van der Waals surface area contributed by atoms with E-state index in [1.165, 1.54) is 24.5 Å². The van der Waals surface area contributed by atoms with Crippen molar-refractivity contribution < 1.29 is 23.1 Å². The van der Waals surface area contributed by atoms with E-state index in [0.717, 1.165) is 0 Å². The zero-order valence-electron chi connectivity index (χ0n) is 8.92. The molecule has 1 aromatic rings. The lowest BCUT2D eigenvalue weighted by atomic mass is 10.0. The molecule has 2 heterocycles. The Kier molecular flexibility index (Phi) is 2.81. The van der Waals surface area contributed by atoms with E-state index in [1.807, 2.05) is 0 Å². The Labute approximate surface area is 99.5 Å². The van der Waals surface area contributed by atoms with Crippen LogP contribution in [0.15, 0.2) is 29.6 Å². The fourth-order valence-corrected chi connectivity index (χ4v) is 1.61. The van der Waals surface area contributed by atoms with Crippen molar-refractivity contribution in [2.45, 2.75) is 18.3 Å². The fourth-order valence-electron chi connectivity index (χ4n) is 1.61. The summed E-state index contributed by atoms with van der Waals surface area (Å²) in [6, 6.07) is 2.90. The van der Waals surface area contributed by atoms with Crippen molar-refractivity contribution in [3.8, 4) is 0 Å². The first-order valence-electron chi connectivity index (χ1n) is 4.90. The molecular weight excluding hydrogens is 251 g/mol. The standard InChI is InChI=1S/C10H8F3N3O2/c11-10(12,13)9(18)5-8(15-16(9)6-17)7-1-3-14-4-2-7/h1-4,6,18H,5H2/t9-/m1/s1. The minimum absolute atomic E-state index is 0.0111. The molecule has 0 bridgehead atoms. The van der Waals surface area contributed by atoms with Gasteiger partial charge in [0.1, 0.15) is 0 Å². The number of hydrogen-bond acceptors (Lipinski definition) is 4. The molecule has 0 radical (unpaired) electrons. The van der Waals surface area contributed by atoms with E-state index in [1.54, 1.807) is 0 Å². The van der Waals surface area contributed by atoms with Crippen LogP contribution in [-0.2, 0) is 4.79 Å². The Morgan fingerprint density at radius 3 is 2.44 bits per heavy atom. The number of hydrazone groups is 1. The molecule has 0 fully saturated rings. The molecule has 0 spiro atoms. The van der Waals surface area contributed by atoms with Crippen LogP contribution in [0.2, 0.25) is 0 Å². The van der Waals surface area contributed by atoms with E-state index in [2.05, 4.69) is 10.1 Å². The van der Waals surface area contributed by atoms with Gasteiger partial charge in [-0.2, -0.15) is 23.3 Å². The van der Waals surface area contributed by atoms with E-state index in [0.29, 0.717) is 5.56 Å². The van der Waals surface area contributed by atoms with Gasteiger partial charge in [0.15, 0.2) is 0 Å². The fraction of sp³-hybridized carbons (Fsp3) is 0.300. The second-order valence-corrected chi connectivity index (χ2v) is 3.72. The van der Waals surface area contributed by atoms with Crippen molar-refractivity contribution in [1.82, 2.24) is 9.99 Å². The maximum Gasteiger partial charge on any atom is 0.438 e. The predicted octanol–water partition coefficient (Wildman–Crippen LogP) is 0.899. The summed E-state index contributed by atoms with van der Waals surface area (Å²) in [5.41, 5.74) is -2.94. The van der Waals surface area contributed by atoms with Gasteiger partial charge < -0.3 is 5.11 Å². The summed E-state index contributed by atoms with van der Waals surface area (Å²) in [7, 11) is 0. The lowest BCUT2D eigenvalue weighted by molar-refractivity contribution is -0.299. The van der Waals surface area contributed by atoms with Gasteiger partial charge in [-0.15, -0.1) is 0 Å². The van der Waals surface area contributed by atoms with E-state index in [9.17, 15) is 23.1 Å². The Morgan fingerprint density at radius 1 is 1.39 bits per heavy atom. The van der Waals surface area contributed by atoms with Crippen molar-refractivity contribution >= 4 is 12.1 Å². The molecule has 8 heteroatoms. The number of carbonyl (C=O) groups is 1. The van der Waals surface area contributed by atoms with Crippen LogP contribution in [0.25, 0.3) is 0 Å². The van der Waals surface area contributed by atoms with Crippen LogP contribution in [-0.4, -0.2) is 39.1 Å². The SMILES string of the molecule is O=CN1N=C(c2ccncc2)C[C@@]1(O)C(F)(F)F. The highest BCUT2D eigenvalue weighted by Crippen LogP contribution is 2.40. The number of nitrogens with zero attached hydrogens (tertiary/aromatic N) is 3. The van der Waals surface area contributed by atoms with Crippen molar-refractivity contribution in [2.24, 2.45) is 5.10 Å². The van der Waals surface area contributed by atoms with Gasteiger partial charge in [-0.3, -0.25) is 9.78 Å². The van der Waals surface area contributed by atoms with Gasteiger partial charge in [0.2, 0.25) is 6.41 Å². The van der Waals surface area contributed by atoms with Crippen molar-refractivity contribution in [3.63, 3.8) is 0 Å².